The third-order valence-electron chi connectivity index (χ3n) is 2.69. The molecule has 0 bridgehead atoms. The zero-order chi connectivity index (χ0) is 13.7. The number of methoxy groups -OCH3 is 1. The van der Waals surface area contributed by atoms with Crippen LogP contribution in [0.25, 0.3) is 0 Å². The monoisotopic (exact) mass is 279 g/mol. The van der Waals surface area contributed by atoms with E-state index < -0.39 is 0 Å². The van der Waals surface area contributed by atoms with Crippen LogP contribution in [0.4, 0.5) is 5.69 Å². The van der Waals surface area contributed by atoms with Gasteiger partial charge in [0.05, 0.1) is 19.4 Å². The summed E-state index contributed by atoms with van der Waals surface area (Å²) in [6, 6.07) is 5.58. The summed E-state index contributed by atoms with van der Waals surface area (Å²) in [7, 11) is 1.62. The predicted molar refractivity (Wildman–Crippen MR) is 79.1 cm³/mol. The molecule has 5 nitrogen and oxygen atoms in total. The van der Waals surface area contributed by atoms with E-state index in [0.29, 0.717) is 5.75 Å². The molecule has 1 amide bonds. The highest BCUT2D eigenvalue weighted by Gasteiger charge is 2.10. The first-order valence-electron chi connectivity index (χ1n) is 6.04. The summed E-state index contributed by atoms with van der Waals surface area (Å²) < 4.78 is 5.13. The number of thioether (sulfide) groups is 1. The molecule has 2 N–H and O–H groups in total. The number of ether oxygens (including phenoxy) is 1. The molecular formula is C13H17N3O2S. The Labute approximate surface area is 116 Å². The SMILES string of the molecule is COc1ccc(NC(=O)CSC2=NCCN2)c(C)c1. The van der Waals surface area contributed by atoms with Crippen LogP contribution in [0.3, 0.4) is 0 Å². The highest BCUT2D eigenvalue weighted by atomic mass is 32.2. The van der Waals surface area contributed by atoms with Crippen molar-refractivity contribution in [2.45, 2.75) is 6.92 Å². The van der Waals surface area contributed by atoms with E-state index >= 15 is 0 Å². The number of nitrogens with zero attached hydrogens (tertiary/aromatic N) is 1. The minimum absolute atomic E-state index is 0.0327. The van der Waals surface area contributed by atoms with Crippen molar-refractivity contribution in [3.05, 3.63) is 23.8 Å². The fraction of sp³-hybridized carbons (Fsp3) is 0.385. The van der Waals surface area contributed by atoms with Crippen molar-refractivity contribution >= 4 is 28.5 Å². The number of hydrogen-bond acceptors (Lipinski definition) is 5. The molecule has 0 unspecified atom stereocenters. The summed E-state index contributed by atoms with van der Waals surface area (Å²) in [5.74, 6) is 1.11. The van der Waals surface area contributed by atoms with E-state index in [4.69, 9.17) is 4.74 Å². The summed E-state index contributed by atoms with van der Waals surface area (Å²) in [5.41, 5.74) is 1.79. The van der Waals surface area contributed by atoms with Crippen LogP contribution >= 0.6 is 11.8 Å². The van der Waals surface area contributed by atoms with Gasteiger partial charge in [-0.05, 0) is 30.7 Å². The number of carbonyl (C=O) groups is 1. The average Bonchev–Trinajstić information content (AvgIpc) is 2.92. The number of aryl methyl sites for hydroxylation is 1. The molecule has 0 spiro atoms. The van der Waals surface area contributed by atoms with Gasteiger partial charge in [0.25, 0.3) is 0 Å². The molecule has 1 aromatic rings. The van der Waals surface area contributed by atoms with Crippen molar-refractivity contribution in [3.63, 3.8) is 0 Å². The van der Waals surface area contributed by atoms with Gasteiger partial charge in [-0.3, -0.25) is 9.79 Å². The first-order chi connectivity index (χ1) is 9.19. The maximum atomic E-state index is 11.8. The Balaban J connectivity index is 1.87. The van der Waals surface area contributed by atoms with Gasteiger partial charge >= 0.3 is 0 Å². The third-order valence-corrected chi connectivity index (χ3v) is 3.64. The highest BCUT2D eigenvalue weighted by Crippen LogP contribution is 2.21. The third kappa shape index (κ3) is 3.89. The number of benzene rings is 1. The Morgan fingerprint density at radius 2 is 2.42 bits per heavy atom. The maximum Gasteiger partial charge on any atom is 0.234 e. The van der Waals surface area contributed by atoms with Crippen LogP contribution in [0.2, 0.25) is 0 Å². The van der Waals surface area contributed by atoms with Gasteiger partial charge in [0.15, 0.2) is 5.17 Å². The van der Waals surface area contributed by atoms with Crippen molar-refractivity contribution in [2.75, 3.05) is 31.3 Å². The molecule has 19 heavy (non-hydrogen) atoms. The van der Waals surface area contributed by atoms with Gasteiger partial charge in [0, 0.05) is 12.2 Å². The van der Waals surface area contributed by atoms with Crippen molar-refractivity contribution in [1.29, 1.82) is 0 Å². The zero-order valence-corrected chi connectivity index (χ0v) is 11.8. The van der Waals surface area contributed by atoms with Gasteiger partial charge in [-0.2, -0.15) is 0 Å². The second-order valence-electron chi connectivity index (χ2n) is 4.13. The van der Waals surface area contributed by atoms with Crippen LogP contribution in [0, 0.1) is 6.92 Å². The normalized spacial score (nSPS) is 13.7. The number of aliphatic imine (C=N–C) groups is 1. The minimum Gasteiger partial charge on any atom is -0.497 e. The number of nitrogens with one attached hydrogen (secondary N) is 2. The van der Waals surface area contributed by atoms with Crippen molar-refractivity contribution in [2.24, 2.45) is 4.99 Å². The second-order valence-corrected chi connectivity index (χ2v) is 5.10. The maximum absolute atomic E-state index is 11.8. The molecule has 0 fully saturated rings. The average molecular weight is 279 g/mol. The summed E-state index contributed by atoms with van der Waals surface area (Å²) in [4.78, 5) is 16.1. The first kappa shape index (κ1) is 13.7. The summed E-state index contributed by atoms with van der Waals surface area (Å²) in [6.07, 6.45) is 0. The molecule has 1 aromatic carbocycles. The van der Waals surface area contributed by atoms with Gasteiger partial charge in [0.1, 0.15) is 5.75 Å². The number of rotatable bonds is 4. The topological polar surface area (TPSA) is 62.7 Å². The second kappa shape index (κ2) is 6.47. The van der Waals surface area contributed by atoms with Crippen LogP contribution in [0.5, 0.6) is 5.75 Å². The molecule has 1 aliphatic heterocycles. The molecule has 102 valence electrons. The highest BCUT2D eigenvalue weighted by molar-refractivity contribution is 8.14. The van der Waals surface area contributed by atoms with E-state index in [1.54, 1.807) is 7.11 Å². The quantitative estimate of drug-likeness (QED) is 0.879. The van der Waals surface area contributed by atoms with Gasteiger partial charge < -0.3 is 15.4 Å². The molecule has 0 aromatic heterocycles. The molecule has 0 saturated carbocycles. The fourth-order valence-corrected chi connectivity index (χ4v) is 2.42. The van der Waals surface area contributed by atoms with Gasteiger partial charge in [0.2, 0.25) is 5.91 Å². The van der Waals surface area contributed by atoms with E-state index in [0.717, 1.165) is 35.3 Å². The summed E-state index contributed by atoms with van der Waals surface area (Å²) in [5, 5.41) is 6.85. The van der Waals surface area contributed by atoms with E-state index in [2.05, 4.69) is 15.6 Å². The fourth-order valence-electron chi connectivity index (χ4n) is 1.70. The standard InChI is InChI=1S/C13H17N3O2S/c1-9-7-10(18-2)3-4-11(9)16-12(17)8-19-13-14-5-6-15-13/h3-4,7H,5-6,8H2,1-2H3,(H,14,15)(H,16,17). The Morgan fingerprint density at radius 3 is 3.05 bits per heavy atom. The lowest BCUT2D eigenvalue weighted by Gasteiger charge is -2.09. The summed E-state index contributed by atoms with van der Waals surface area (Å²) in [6.45, 7) is 3.59. The lowest BCUT2D eigenvalue weighted by atomic mass is 10.2. The Kier molecular flexibility index (Phi) is 4.68. The van der Waals surface area contributed by atoms with Crippen molar-refractivity contribution in [1.82, 2.24) is 5.32 Å². The number of amidine groups is 1. The van der Waals surface area contributed by atoms with Crippen LogP contribution in [0.15, 0.2) is 23.2 Å². The van der Waals surface area contributed by atoms with Crippen molar-refractivity contribution < 1.29 is 9.53 Å². The predicted octanol–water partition coefficient (Wildman–Crippen LogP) is 1.63. The number of amides is 1. The van der Waals surface area contributed by atoms with Gasteiger partial charge in [-0.1, -0.05) is 11.8 Å². The van der Waals surface area contributed by atoms with Crippen LogP contribution in [-0.4, -0.2) is 37.0 Å². The number of anilines is 1. The van der Waals surface area contributed by atoms with Crippen LogP contribution < -0.4 is 15.4 Å². The lowest BCUT2D eigenvalue weighted by molar-refractivity contribution is -0.113. The molecule has 0 saturated heterocycles. The number of hydrogen-bond donors (Lipinski definition) is 2. The number of carbonyl (C=O) groups excluding carboxylic acids is 1. The zero-order valence-electron chi connectivity index (χ0n) is 11.0. The molecule has 1 aliphatic rings. The first-order valence-corrected chi connectivity index (χ1v) is 7.03. The molecule has 1 heterocycles. The Hall–Kier alpha value is -1.69. The van der Waals surface area contributed by atoms with Crippen molar-refractivity contribution in [3.8, 4) is 5.75 Å². The molecule has 0 atom stereocenters. The lowest BCUT2D eigenvalue weighted by Crippen LogP contribution is -2.20. The minimum atomic E-state index is -0.0327. The van der Waals surface area contributed by atoms with Gasteiger partial charge in [-0.25, -0.2) is 0 Å². The van der Waals surface area contributed by atoms with Crippen LogP contribution in [0.1, 0.15) is 5.56 Å². The van der Waals surface area contributed by atoms with E-state index in [1.807, 2.05) is 25.1 Å². The largest absolute Gasteiger partial charge is 0.497 e. The van der Waals surface area contributed by atoms with E-state index in [9.17, 15) is 4.79 Å². The Morgan fingerprint density at radius 1 is 1.58 bits per heavy atom. The molecule has 6 heteroatoms. The molecular weight excluding hydrogens is 262 g/mol. The molecule has 0 aliphatic carbocycles. The Bertz CT molecular complexity index is 503. The smallest absolute Gasteiger partial charge is 0.234 e. The van der Waals surface area contributed by atoms with E-state index in [1.165, 1.54) is 11.8 Å². The van der Waals surface area contributed by atoms with Crippen LogP contribution in [-0.2, 0) is 4.79 Å². The molecule has 0 radical (unpaired) electrons. The van der Waals surface area contributed by atoms with E-state index in [-0.39, 0.29) is 5.91 Å². The van der Waals surface area contributed by atoms with Gasteiger partial charge in [-0.15, -0.1) is 0 Å². The molecule has 2 rings (SSSR count). The summed E-state index contributed by atoms with van der Waals surface area (Å²) >= 11 is 1.43.